The molecule has 0 saturated heterocycles. The third kappa shape index (κ3) is 2.13. The molecule has 3 heteroatoms. The Morgan fingerprint density at radius 3 is 2.58 bits per heavy atom. The van der Waals surface area contributed by atoms with Crippen LogP contribution < -0.4 is 0 Å². The fraction of sp³-hybridized carbons (Fsp3) is 0.0625. The number of ether oxygens (including phenoxy) is 1. The van der Waals surface area contributed by atoms with Crippen LogP contribution in [0.4, 0.5) is 0 Å². The third-order valence-electron chi connectivity index (χ3n) is 3.02. The minimum Gasteiger partial charge on any atom is -0.465 e. The van der Waals surface area contributed by atoms with Gasteiger partial charge in [0.2, 0.25) is 0 Å². The molecule has 1 heterocycles. The number of carbonyl (C=O) groups is 1. The smallest absolute Gasteiger partial charge is 0.338 e. The second-order valence-electron chi connectivity index (χ2n) is 4.19. The Kier molecular flexibility index (Phi) is 3.05. The maximum atomic E-state index is 11.8. The second kappa shape index (κ2) is 4.86. The molecule has 0 bridgehead atoms. The van der Waals surface area contributed by atoms with E-state index < -0.39 is 0 Å². The normalized spacial score (nSPS) is 10.6. The van der Waals surface area contributed by atoms with Crippen LogP contribution in [0.25, 0.3) is 20.5 Å². The highest BCUT2D eigenvalue weighted by molar-refractivity contribution is 7.22. The number of hydrogen-bond donors (Lipinski definition) is 0. The highest BCUT2D eigenvalue weighted by Gasteiger charge is 2.14. The molecule has 0 amide bonds. The molecule has 2 aromatic carbocycles. The van der Waals surface area contributed by atoms with E-state index in [-0.39, 0.29) is 5.97 Å². The Morgan fingerprint density at radius 1 is 1.05 bits per heavy atom. The van der Waals surface area contributed by atoms with E-state index in [1.54, 1.807) is 17.4 Å². The van der Waals surface area contributed by atoms with Gasteiger partial charge in [-0.1, -0.05) is 36.4 Å². The van der Waals surface area contributed by atoms with Crippen molar-refractivity contribution in [1.29, 1.82) is 0 Å². The Bertz CT molecular complexity index is 710. The fourth-order valence-corrected chi connectivity index (χ4v) is 3.20. The van der Waals surface area contributed by atoms with Crippen LogP contribution in [0.5, 0.6) is 0 Å². The Hall–Kier alpha value is -2.13. The summed E-state index contributed by atoms with van der Waals surface area (Å²) in [7, 11) is 1.41. The molecule has 2 nitrogen and oxygen atoms in total. The SMILES string of the molecule is COC(=O)c1ccccc1-c1cc2ccccc2s1. The molecule has 0 aliphatic carbocycles. The predicted molar refractivity (Wildman–Crippen MR) is 78.6 cm³/mol. The minimum atomic E-state index is -0.298. The summed E-state index contributed by atoms with van der Waals surface area (Å²) in [6.07, 6.45) is 0. The summed E-state index contributed by atoms with van der Waals surface area (Å²) in [4.78, 5) is 12.9. The van der Waals surface area contributed by atoms with Gasteiger partial charge in [-0.15, -0.1) is 11.3 Å². The summed E-state index contributed by atoms with van der Waals surface area (Å²) < 4.78 is 6.06. The molecular formula is C16H12O2S. The van der Waals surface area contributed by atoms with Crippen LogP contribution in [-0.2, 0) is 4.74 Å². The maximum absolute atomic E-state index is 11.8. The van der Waals surface area contributed by atoms with E-state index in [0.717, 1.165) is 10.4 Å². The number of benzene rings is 2. The summed E-state index contributed by atoms with van der Waals surface area (Å²) in [5.41, 5.74) is 1.53. The molecule has 0 aliphatic heterocycles. The lowest BCUT2D eigenvalue weighted by molar-refractivity contribution is 0.0601. The number of esters is 1. The highest BCUT2D eigenvalue weighted by Crippen LogP contribution is 2.35. The first-order chi connectivity index (χ1) is 9.29. The summed E-state index contributed by atoms with van der Waals surface area (Å²) >= 11 is 1.68. The van der Waals surface area contributed by atoms with Crippen LogP contribution in [0.15, 0.2) is 54.6 Å². The lowest BCUT2D eigenvalue weighted by atomic mass is 10.1. The Morgan fingerprint density at radius 2 is 1.79 bits per heavy atom. The topological polar surface area (TPSA) is 26.3 Å². The second-order valence-corrected chi connectivity index (χ2v) is 5.27. The fourth-order valence-electron chi connectivity index (χ4n) is 2.10. The quantitative estimate of drug-likeness (QED) is 0.646. The number of fused-ring (bicyclic) bond motifs is 1. The Labute approximate surface area is 115 Å². The lowest BCUT2D eigenvalue weighted by Gasteiger charge is -2.05. The van der Waals surface area contributed by atoms with Crippen molar-refractivity contribution in [3.05, 3.63) is 60.2 Å². The third-order valence-corrected chi connectivity index (χ3v) is 4.17. The first-order valence-corrected chi connectivity index (χ1v) is 6.77. The molecule has 3 aromatic rings. The van der Waals surface area contributed by atoms with E-state index in [9.17, 15) is 4.79 Å². The number of carbonyl (C=O) groups excluding carboxylic acids is 1. The molecule has 0 saturated carbocycles. The van der Waals surface area contributed by atoms with Crippen molar-refractivity contribution in [3.8, 4) is 10.4 Å². The lowest BCUT2D eigenvalue weighted by Crippen LogP contribution is -2.02. The molecule has 0 N–H and O–H groups in total. The average molecular weight is 268 g/mol. The molecule has 0 aliphatic rings. The molecule has 0 radical (unpaired) electrons. The van der Waals surface area contributed by atoms with E-state index in [4.69, 9.17) is 4.74 Å². The van der Waals surface area contributed by atoms with E-state index in [1.807, 2.05) is 30.3 Å². The van der Waals surface area contributed by atoms with Crippen LogP contribution in [0.2, 0.25) is 0 Å². The largest absolute Gasteiger partial charge is 0.465 e. The van der Waals surface area contributed by atoms with Gasteiger partial charge in [-0.3, -0.25) is 0 Å². The van der Waals surface area contributed by atoms with Crippen molar-refractivity contribution >= 4 is 27.4 Å². The molecule has 0 fully saturated rings. The molecule has 0 unspecified atom stereocenters. The van der Waals surface area contributed by atoms with Gasteiger partial charge in [0.05, 0.1) is 12.7 Å². The monoisotopic (exact) mass is 268 g/mol. The number of thiophene rings is 1. The summed E-state index contributed by atoms with van der Waals surface area (Å²) in [5, 5.41) is 1.20. The summed E-state index contributed by atoms with van der Waals surface area (Å²) in [5.74, 6) is -0.298. The number of hydrogen-bond acceptors (Lipinski definition) is 3. The van der Waals surface area contributed by atoms with E-state index in [2.05, 4.69) is 18.2 Å². The van der Waals surface area contributed by atoms with Crippen molar-refractivity contribution in [2.45, 2.75) is 0 Å². The van der Waals surface area contributed by atoms with Gasteiger partial charge in [0.25, 0.3) is 0 Å². The van der Waals surface area contributed by atoms with E-state index >= 15 is 0 Å². The highest BCUT2D eigenvalue weighted by atomic mass is 32.1. The van der Waals surface area contributed by atoms with E-state index in [1.165, 1.54) is 17.2 Å². The van der Waals surface area contributed by atoms with Gasteiger partial charge < -0.3 is 4.74 Å². The number of methoxy groups -OCH3 is 1. The van der Waals surface area contributed by atoms with E-state index in [0.29, 0.717) is 5.56 Å². The first kappa shape index (κ1) is 11.9. The average Bonchev–Trinajstić information content (AvgIpc) is 2.90. The molecule has 19 heavy (non-hydrogen) atoms. The molecule has 94 valence electrons. The van der Waals surface area contributed by atoms with Crippen molar-refractivity contribution in [1.82, 2.24) is 0 Å². The zero-order valence-electron chi connectivity index (χ0n) is 10.4. The molecule has 0 atom stereocenters. The van der Waals surface area contributed by atoms with Gasteiger partial charge in [-0.2, -0.15) is 0 Å². The molecular weight excluding hydrogens is 256 g/mol. The zero-order chi connectivity index (χ0) is 13.2. The molecule has 3 rings (SSSR count). The van der Waals surface area contributed by atoms with Gasteiger partial charge in [-0.05, 0) is 23.6 Å². The first-order valence-electron chi connectivity index (χ1n) is 5.96. The van der Waals surface area contributed by atoms with Crippen molar-refractivity contribution in [2.75, 3.05) is 7.11 Å². The minimum absolute atomic E-state index is 0.298. The molecule has 1 aromatic heterocycles. The van der Waals surface area contributed by atoms with Gasteiger partial charge in [0, 0.05) is 15.1 Å². The van der Waals surface area contributed by atoms with Crippen molar-refractivity contribution in [2.24, 2.45) is 0 Å². The predicted octanol–water partition coefficient (Wildman–Crippen LogP) is 4.35. The maximum Gasteiger partial charge on any atom is 0.338 e. The summed E-state index contributed by atoms with van der Waals surface area (Å²) in [6.45, 7) is 0. The van der Waals surface area contributed by atoms with Crippen LogP contribution in [0.3, 0.4) is 0 Å². The molecule has 0 spiro atoms. The van der Waals surface area contributed by atoms with Crippen LogP contribution in [-0.4, -0.2) is 13.1 Å². The summed E-state index contributed by atoms with van der Waals surface area (Å²) in [6, 6.07) is 17.9. The van der Waals surface area contributed by atoms with Crippen LogP contribution in [0, 0.1) is 0 Å². The standard InChI is InChI=1S/C16H12O2S/c1-18-16(17)13-8-4-3-7-12(13)15-10-11-6-2-5-9-14(11)19-15/h2-10H,1H3. The van der Waals surface area contributed by atoms with Crippen LogP contribution in [0.1, 0.15) is 10.4 Å². The van der Waals surface area contributed by atoms with Crippen molar-refractivity contribution < 1.29 is 9.53 Å². The van der Waals surface area contributed by atoms with Gasteiger partial charge >= 0.3 is 5.97 Å². The van der Waals surface area contributed by atoms with Crippen molar-refractivity contribution in [3.63, 3.8) is 0 Å². The number of rotatable bonds is 2. The van der Waals surface area contributed by atoms with Gasteiger partial charge in [0.1, 0.15) is 0 Å². The zero-order valence-corrected chi connectivity index (χ0v) is 11.2. The Balaban J connectivity index is 2.18. The van der Waals surface area contributed by atoms with Gasteiger partial charge in [-0.25, -0.2) is 4.79 Å². The van der Waals surface area contributed by atoms with Crippen LogP contribution >= 0.6 is 11.3 Å². The van der Waals surface area contributed by atoms with Gasteiger partial charge in [0.15, 0.2) is 0 Å².